The number of hydrogen-bond donors (Lipinski definition) is 2. The summed E-state index contributed by atoms with van der Waals surface area (Å²) in [6.07, 6.45) is 1.34. The second kappa shape index (κ2) is 7.21. The van der Waals surface area contributed by atoms with Gasteiger partial charge >= 0.3 is 5.97 Å². The monoisotopic (exact) mass is 342 g/mol. The van der Waals surface area contributed by atoms with Crippen molar-refractivity contribution in [1.29, 1.82) is 0 Å². The van der Waals surface area contributed by atoms with Gasteiger partial charge in [0.2, 0.25) is 11.7 Å². The van der Waals surface area contributed by atoms with Crippen LogP contribution in [0.25, 0.3) is 0 Å². The first-order chi connectivity index (χ1) is 12.0. The Balaban J connectivity index is 1.77. The van der Waals surface area contributed by atoms with Crippen LogP contribution in [0.15, 0.2) is 46.9 Å². The van der Waals surface area contributed by atoms with Crippen LogP contribution < -0.4 is 5.32 Å². The van der Waals surface area contributed by atoms with Crippen LogP contribution in [0.2, 0.25) is 0 Å². The highest BCUT2D eigenvalue weighted by atomic mass is 16.4. The molecule has 130 valence electrons. The summed E-state index contributed by atoms with van der Waals surface area (Å²) in [5.41, 5.74) is 0.862. The lowest BCUT2D eigenvalue weighted by molar-refractivity contribution is -0.128. The number of hydrogen-bond acceptors (Lipinski definition) is 4. The van der Waals surface area contributed by atoms with Gasteiger partial charge in [0, 0.05) is 19.5 Å². The fourth-order valence-corrected chi connectivity index (χ4v) is 2.84. The largest absolute Gasteiger partial charge is 0.475 e. The molecule has 0 bridgehead atoms. The maximum Gasteiger partial charge on any atom is 0.371 e. The molecule has 0 aliphatic carbocycles. The van der Waals surface area contributed by atoms with Gasteiger partial charge < -0.3 is 19.7 Å². The number of rotatable bonds is 6. The molecular formula is C18H18N2O5. The van der Waals surface area contributed by atoms with Crippen molar-refractivity contribution in [3.8, 4) is 0 Å². The molecule has 25 heavy (non-hydrogen) atoms. The van der Waals surface area contributed by atoms with E-state index in [1.54, 1.807) is 4.90 Å². The number of furan rings is 1. The number of likely N-dealkylation sites (tertiary alicyclic amines) is 1. The Morgan fingerprint density at radius 3 is 2.48 bits per heavy atom. The van der Waals surface area contributed by atoms with E-state index in [0.29, 0.717) is 19.5 Å². The van der Waals surface area contributed by atoms with Crippen molar-refractivity contribution < 1.29 is 23.9 Å². The first-order valence-corrected chi connectivity index (χ1v) is 8.01. The molecule has 2 N–H and O–H groups in total. The van der Waals surface area contributed by atoms with Gasteiger partial charge in [-0.05, 0) is 24.1 Å². The number of nitrogens with zero attached hydrogens (tertiary/aromatic N) is 1. The van der Waals surface area contributed by atoms with Crippen molar-refractivity contribution in [1.82, 2.24) is 10.2 Å². The van der Waals surface area contributed by atoms with E-state index in [1.807, 2.05) is 30.3 Å². The standard InChI is InChI=1S/C18H18N2O5/c21-16-7-4-10-20(16)11-13(12-5-2-1-3-6-12)19-17(22)14-8-9-15(25-14)18(23)24/h1-3,5-6,8-9,13H,4,7,10-11H2,(H,19,22)(H,23,24). The van der Waals surface area contributed by atoms with Crippen molar-refractivity contribution in [3.63, 3.8) is 0 Å². The molecule has 0 spiro atoms. The number of aromatic carboxylic acids is 1. The molecule has 1 aliphatic rings. The number of nitrogens with one attached hydrogen (secondary N) is 1. The third-order valence-corrected chi connectivity index (χ3v) is 4.12. The van der Waals surface area contributed by atoms with E-state index >= 15 is 0 Å². The summed E-state index contributed by atoms with van der Waals surface area (Å²) in [6.45, 7) is 1.03. The van der Waals surface area contributed by atoms with Gasteiger partial charge in [-0.15, -0.1) is 0 Å². The Kier molecular flexibility index (Phi) is 4.83. The first-order valence-electron chi connectivity index (χ1n) is 8.01. The van der Waals surface area contributed by atoms with E-state index in [4.69, 9.17) is 9.52 Å². The summed E-state index contributed by atoms with van der Waals surface area (Å²) < 4.78 is 5.04. The quantitative estimate of drug-likeness (QED) is 0.837. The SMILES string of the molecule is O=C(O)c1ccc(C(=O)NC(CN2CCCC2=O)c2ccccc2)o1. The lowest BCUT2D eigenvalue weighted by atomic mass is 10.1. The van der Waals surface area contributed by atoms with Crippen LogP contribution >= 0.6 is 0 Å². The zero-order valence-corrected chi connectivity index (χ0v) is 13.5. The Morgan fingerprint density at radius 1 is 1.16 bits per heavy atom. The van der Waals surface area contributed by atoms with Crippen molar-refractivity contribution in [2.45, 2.75) is 18.9 Å². The maximum absolute atomic E-state index is 12.4. The van der Waals surface area contributed by atoms with Crippen LogP contribution in [0.5, 0.6) is 0 Å². The van der Waals surface area contributed by atoms with E-state index in [2.05, 4.69) is 5.32 Å². The van der Waals surface area contributed by atoms with Crippen molar-refractivity contribution in [3.05, 3.63) is 59.5 Å². The average molecular weight is 342 g/mol. The highest BCUT2D eigenvalue weighted by Gasteiger charge is 2.26. The van der Waals surface area contributed by atoms with Crippen molar-refractivity contribution in [2.75, 3.05) is 13.1 Å². The third kappa shape index (κ3) is 3.88. The third-order valence-electron chi connectivity index (χ3n) is 4.12. The molecule has 1 aromatic carbocycles. The van der Waals surface area contributed by atoms with Gasteiger partial charge in [0.25, 0.3) is 5.91 Å². The van der Waals surface area contributed by atoms with Gasteiger partial charge in [0.05, 0.1) is 6.04 Å². The molecule has 7 nitrogen and oxygen atoms in total. The predicted molar refractivity (Wildman–Crippen MR) is 88.1 cm³/mol. The molecule has 1 saturated heterocycles. The smallest absolute Gasteiger partial charge is 0.371 e. The van der Waals surface area contributed by atoms with E-state index in [-0.39, 0.29) is 17.4 Å². The second-order valence-electron chi connectivity index (χ2n) is 5.85. The molecule has 3 rings (SSSR count). The van der Waals surface area contributed by atoms with E-state index < -0.39 is 17.9 Å². The van der Waals surface area contributed by atoms with Gasteiger partial charge in [-0.2, -0.15) is 0 Å². The van der Waals surface area contributed by atoms with Crippen LogP contribution in [-0.2, 0) is 4.79 Å². The fourth-order valence-electron chi connectivity index (χ4n) is 2.84. The minimum Gasteiger partial charge on any atom is -0.475 e. The van der Waals surface area contributed by atoms with Gasteiger partial charge in [0.1, 0.15) is 0 Å². The molecule has 0 radical (unpaired) electrons. The molecule has 1 atom stereocenters. The minimum absolute atomic E-state index is 0.0707. The van der Waals surface area contributed by atoms with E-state index in [1.165, 1.54) is 12.1 Å². The maximum atomic E-state index is 12.4. The van der Waals surface area contributed by atoms with Gasteiger partial charge in [-0.1, -0.05) is 30.3 Å². The summed E-state index contributed by atoms with van der Waals surface area (Å²) in [7, 11) is 0. The number of benzene rings is 1. The Bertz CT molecular complexity index is 784. The minimum atomic E-state index is -1.23. The van der Waals surface area contributed by atoms with Crippen LogP contribution in [0.4, 0.5) is 0 Å². The summed E-state index contributed by atoms with van der Waals surface area (Å²) in [4.78, 5) is 36.9. The van der Waals surface area contributed by atoms with Gasteiger partial charge in [-0.25, -0.2) is 4.79 Å². The van der Waals surface area contributed by atoms with E-state index in [0.717, 1.165) is 12.0 Å². The van der Waals surface area contributed by atoms with Crippen LogP contribution in [-0.4, -0.2) is 40.9 Å². The zero-order chi connectivity index (χ0) is 17.8. The fraction of sp³-hybridized carbons (Fsp3) is 0.278. The lowest BCUT2D eigenvalue weighted by Gasteiger charge is -2.25. The second-order valence-corrected chi connectivity index (χ2v) is 5.85. The molecule has 1 aliphatic heterocycles. The van der Waals surface area contributed by atoms with Gasteiger partial charge in [0.15, 0.2) is 5.76 Å². The number of carbonyl (C=O) groups excluding carboxylic acids is 2. The summed E-state index contributed by atoms with van der Waals surface area (Å²) in [5, 5.41) is 11.7. The highest BCUT2D eigenvalue weighted by molar-refractivity contribution is 5.93. The zero-order valence-electron chi connectivity index (χ0n) is 13.5. The highest BCUT2D eigenvalue weighted by Crippen LogP contribution is 2.19. The number of carboxylic acid groups (broad SMARTS) is 1. The first kappa shape index (κ1) is 16.8. The van der Waals surface area contributed by atoms with Crippen LogP contribution in [0, 0.1) is 0 Å². The topological polar surface area (TPSA) is 99.8 Å². The summed E-state index contributed by atoms with van der Waals surface area (Å²) in [5.74, 6) is -2.06. The number of carbonyl (C=O) groups is 3. The molecule has 1 fully saturated rings. The molecule has 2 aromatic rings. The molecule has 2 amide bonds. The van der Waals surface area contributed by atoms with Crippen LogP contribution in [0.3, 0.4) is 0 Å². The Morgan fingerprint density at radius 2 is 1.88 bits per heavy atom. The van der Waals surface area contributed by atoms with Gasteiger partial charge in [-0.3, -0.25) is 9.59 Å². The summed E-state index contributed by atoms with van der Waals surface area (Å²) in [6, 6.07) is 11.5. The molecule has 1 aromatic heterocycles. The van der Waals surface area contributed by atoms with Crippen molar-refractivity contribution in [2.24, 2.45) is 0 Å². The number of amides is 2. The summed E-state index contributed by atoms with van der Waals surface area (Å²) >= 11 is 0. The van der Waals surface area contributed by atoms with E-state index in [9.17, 15) is 14.4 Å². The predicted octanol–water partition coefficient (Wildman–Crippen LogP) is 2.07. The van der Waals surface area contributed by atoms with Crippen molar-refractivity contribution >= 4 is 17.8 Å². The Hall–Kier alpha value is -3.09. The average Bonchev–Trinajstić information content (AvgIpc) is 3.25. The normalized spacial score (nSPS) is 15.2. The number of carboxylic acids is 1. The molecule has 0 saturated carbocycles. The molecule has 2 heterocycles. The molecule has 1 unspecified atom stereocenters. The lowest BCUT2D eigenvalue weighted by Crippen LogP contribution is -2.38. The van der Waals surface area contributed by atoms with Crippen LogP contribution in [0.1, 0.15) is 45.6 Å². The molecular weight excluding hydrogens is 324 g/mol. The Labute approximate surface area is 144 Å². The molecule has 7 heteroatoms.